The van der Waals surface area contributed by atoms with E-state index in [0.717, 1.165) is 25.7 Å². The zero-order valence-electron chi connectivity index (χ0n) is 14.9. The third-order valence-electron chi connectivity index (χ3n) is 4.44. The summed E-state index contributed by atoms with van der Waals surface area (Å²) in [7, 11) is 0. The number of ether oxygens (including phenoxy) is 4. The van der Waals surface area contributed by atoms with Crippen LogP contribution in [0.5, 0.6) is 0 Å². The first-order chi connectivity index (χ1) is 11.4. The van der Waals surface area contributed by atoms with E-state index in [1.807, 2.05) is 6.92 Å². The third-order valence-corrected chi connectivity index (χ3v) is 6.20. The second-order valence-corrected chi connectivity index (χ2v) is 7.73. The molecule has 6 nitrogen and oxygen atoms in total. The summed E-state index contributed by atoms with van der Waals surface area (Å²) >= 11 is 1.64. The Kier molecular flexibility index (Phi) is 7.37. The summed E-state index contributed by atoms with van der Waals surface area (Å²) in [5.41, 5.74) is -0.400. The van der Waals surface area contributed by atoms with Gasteiger partial charge in [-0.25, -0.2) is 0 Å². The molecule has 0 saturated carbocycles. The highest BCUT2D eigenvalue weighted by Gasteiger charge is 2.48. The topological polar surface area (TPSA) is 71.1 Å². The fourth-order valence-corrected chi connectivity index (χ4v) is 4.76. The highest BCUT2D eigenvalue weighted by atomic mass is 32.2. The van der Waals surface area contributed by atoms with Crippen LogP contribution < -0.4 is 0 Å². The Morgan fingerprint density at radius 2 is 1.79 bits per heavy atom. The Hall–Kier alpha value is -0.790. The molecule has 2 unspecified atom stereocenters. The lowest BCUT2D eigenvalue weighted by atomic mass is 9.93. The fourth-order valence-electron chi connectivity index (χ4n) is 3.27. The van der Waals surface area contributed by atoms with Crippen LogP contribution in [0.25, 0.3) is 0 Å². The molecule has 2 aliphatic heterocycles. The van der Waals surface area contributed by atoms with Crippen molar-refractivity contribution in [1.29, 1.82) is 0 Å². The minimum Gasteiger partial charge on any atom is -0.458 e. The maximum absolute atomic E-state index is 11.6. The van der Waals surface area contributed by atoms with Crippen LogP contribution in [0.15, 0.2) is 0 Å². The van der Waals surface area contributed by atoms with Crippen LogP contribution in [-0.4, -0.2) is 47.7 Å². The van der Waals surface area contributed by atoms with Crippen LogP contribution in [0.4, 0.5) is 0 Å². The van der Waals surface area contributed by atoms with E-state index in [1.165, 1.54) is 13.8 Å². The SMILES string of the molecule is CC[C@H]1SC(OC2CCCCO2)[C@H](OC(C)=O)[C@@H](OC(C)=O)[C@@H]1C. The van der Waals surface area contributed by atoms with Crippen molar-refractivity contribution < 1.29 is 28.5 Å². The molecule has 138 valence electrons. The molecule has 0 radical (unpaired) electrons. The Labute approximate surface area is 147 Å². The van der Waals surface area contributed by atoms with Gasteiger partial charge in [-0.3, -0.25) is 9.59 Å². The molecule has 0 spiro atoms. The van der Waals surface area contributed by atoms with E-state index in [0.29, 0.717) is 6.61 Å². The van der Waals surface area contributed by atoms with E-state index in [4.69, 9.17) is 18.9 Å². The first kappa shape index (κ1) is 19.5. The van der Waals surface area contributed by atoms with Gasteiger partial charge in [0.15, 0.2) is 12.4 Å². The van der Waals surface area contributed by atoms with Crippen LogP contribution >= 0.6 is 11.8 Å². The van der Waals surface area contributed by atoms with Crippen LogP contribution in [0, 0.1) is 5.92 Å². The molecule has 0 aromatic rings. The van der Waals surface area contributed by atoms with Crippen molar-refractivity contribution in [2.45, 2.75) is 82.6 Å². The molecule has 0 bridgehead atoms. The van der Waals surface area contributed by atoms with Gasteiger partial charge in [-0.2, -0.15) is 0 Å². The lowest BCUT2D eigenvalue weighted by molar-refractivity contribution is -0.212. The van der Waals surface area contributed by atoms with E-state index in [9.17, 15) is 9.59 Å². The lowest BCUT2D eigenvalue weighted by Crippen LogP contribution is -2.54. The summed E-state index contributed by atoms with van der Waals surface area (Å²) < 4.78 is 22.8. The maximum atomic E-state index is 11.6. The van der Waals surface area contributed by atoms with Gasteiger partial charge in [-0.1, -0.05) is 13.8 Å². The molecule has 24 heavy (non-hydrogen) atoms. The minimum atomic E-state index is -0.625. The molecule has 6 atom stereocenters. The Morgan fingerprint density at radius 3 is 2.33 bits per heavy atom. The van der Waals surface area contributed by atoms with Crippen LogP contribution in [-0.2, 0) is 28.5 Å². The minimum absolute atomic E-state index is 0.0698. The van der Waals surface area contributed by atoms with Gasteiger partial charge in [0, 0.05) is 31.6 Å². The predicted octanol–water partition coefficient (Wildman–Crippen LogP) is 2.88. The second kappa shape index (κ2) is 9.06. The number of hydrogen-bond acceptors (Lipinski definition) is 7. The molecule has 2 heterocycles. The van der Waals surface area contributed by atoms with E-state index >= 15 is 0 Å². The second-order valence-electron chi connectivity index (χ2n) is 6.39. The first-order valence-electron chi connectivity index (χ1n) is 8.69. The number of carbonyl (C=O) groups is 2. The Morgan fingerprint density at radius 1 is 1.12 bits per heavy atom. The molecule has 0 aromatic carbocycles. The molecular weight excluding hydrogens is 332 g/mol. The van der Waals surface area contributed by atoms with Gasteiger partial charge >= 0.3 is 11.9 Å². The monoisotopic (exact) mass is 360 g/mol. The third kappa shape index (κ3) is 5.10. The molecule has 7 heteroatoms. The standard InChI is InChI=1S/C17H28O6S/c1-5-13-10(2)15(21-11(3)18)16(22-12(4)19)17(24-13)23-14-8-6-7-9-20-14/h10,13-17H,5-9H2,1-4H3/t10-,13-,14?,15+,16-,17?/m1/s1. The average Bonchev–Trinajstić information content (AvgIpc) is 2.53. The molecule has 2 aliphatic rings. The van der Waals surface area contributed by atoms with Crippen molar-refractivity contribution in [1.82, 2.24) is 0 Å². The normalized spacial score (nSPS) is 36.8. The molecule has 0 aromatic heterocycles. The Bertz CT molecular complexity index is 437. The highest BCUT2D eigenvalue weighted by molar-refractivity contribution is 8.00. The quantitative estimate of drug-likeness (QED) is 0.698. The highest BCUT2D eigenvalue weighted by Crippen LogP contribution is 2.42. The van der Waals surface area contributed by atoms with Crippen LogP contribution in [0.2, 0.25) is 0 Å². The van der Waals surface area contributed by atoms with E-state index in [1.54, 1.807) is 11.8 Å². The number of esters is 2. The molecule has 2 saturated heterocycles. The first-order valence-corrected chi connectivity index (χ1v) is 9.63. The zero-order valence-corrected chi connectivity index (χ0v) is 15.7. The molecule has 0 N–H and O–H groups in total. The van der Waals surface area contributed by atoms with Gasteiger partial charge in [0.2, 0.25) is 0 Å². The molecule has 0 amide bonds. The largest absolute Gasteiger partial charge is 0.458 e. The smallest absolute Gasteiger partial charge is 0.303 e. The molecular formula is C17H28O6S. The summed E-state index contributed by atoms with van der Waals surface area (Å²) in [4.78, 5) is 23.1. The van der Waals surface area contributed by atoms with Crippen molar-refractivity contribution in [3.63, 3.8) is 0 Å². The van der Waals surface area contributed by atoms with Crippen molar-refractivity contribution >= 4 is 23.7 Å². The van der Waals surface area contributed by atoms with Gasteiger partial charge in [-0.05, 0) is 25.7 Å². The molecule has 2 fully saturated rings. The van der Waals surface area contributed by atoms with Gasteiger partial charge < -0.3 is 18.9 Å². The molecule has 0 aliphatic carbocycles. The summed E-state index contributed by atoms with van der Waals surface area (Å²) in [5, 5.41) is 0.259. The van der Waals surface area contributed by atoms with E-state index < -0.39 is 23.6 Å². The summed E-state index contributed by atoms with van der Waals surface area (Å²) in [5.74, 6) is -0.711. The van der Waals surface area contributed by atoms with Gasteiger partial charge in [0.1, 0.15) is 11.5 Å². The summed E-state index contributed by atoms with van der Waals surface area (Å²) in [6.45, 7) is 7.54. The summed E-state index contributed by atoms with van der Waals surface area (Å²) in [6.07, 6.45) is 2.41. The van der Waals surface area contributed by atoms with Crippen molar-refractivity contribution in [3.8, 4) is 0 Å². The number of hydrogen-bond donors (Lipinski definition) is 0. The summed E-state index contributed by atoms with van der Waals surface area (Å²) in [6, 6.07) is 0. The van der Waals surface area contributed by atoms with Gasteiger partial charge in [0.05, 0.1) is 0 Å². The maximum Gasteiger partial charge on any atom is 0.303 e. The van der Waals surface area contributed by atoms with Crippen LogP contribution in [0.1, 0.15) is 53.4 Å². The van der Waals surface area contributed by atoms with Gasteiger partial charge in [0.25, 0.3) is 0 Å². The number of carbonyl (C=O) groups excluding carboxylic acids is 2. The zero-order chi connectivity index (χ0) is 17.7. The van der Waals surface area contributed by atoms with E-state index in [-0.39, 0.29) is 23.4 Å². The van der Waals surface area contributed by atoms with Crippen molar-refractivity contribution in [2.24, 2.45) is 5.92 Å². The Balaban J connectivity index is 2.18. The van der Waals surface area contributed by atoms with Gasteiger partial charge in [-0.15, -0.1) is 11.8 Å². The predicted molar refractivity (Wildman–Crippen MR) is 90.4 cm³/mol. The fraction of sp³-hybridized carbons (Fsp3) is 0.882. The van der Waals surface area contributed by atoms with Crippen molar-refractivity contribution in [3.05, 3.63) is 0 Å². The van der Waals surface area contributed by atoms with Crippen LogP contribution in [0.3, 0.4) is 0 Å². The van der Waals surface area contributed by atoms with E-state index in [2.05, 4.69) is 6.92 Å². The number of rotatable bonds is 5. The van der Waals surface area contributed by atoms with Crippen molar-refractivity contribution in [2.75, 3.05) is 6.61 Å². The molecule has 2 rings (SSSR count). The average molecular weight is 360 g/mol. The number of thioether (sulfide) groups is 1. The lowest BCUT2D eigenvalue weighted by Gasteiger charge is -2.44.